The molecule has 0 unspecified atom stereocenters. The highest BCUT2D eigenvalue weighted by Crippen LogP contribution is 2.38. The van der Waals surface area contributed by atoms with Crippen molar-refractivity contribution in [3.8, 4) is 0 Å². The zero-order valence-corrected chi connectivity index (χ0v) is 12.4. The molecule has 1 fully saturated rings. The van der Waals surface area contributed by atoms with Crippen molar-refractivity contribution in [3.63, 3.8) is 0 Å². The van der Waals surface area contributed by atoms with Crippen molar-refractivity contribution in [3.05, 3.63) is 11.9 Å². The van der Waals surface area contributed by atoms with Gasteiger partial charge in [-0.05, 0) is 26.2 Å². The van der Waals surface area contributed by atoms with Crippen LogP contribution in [0.25, 0.3) is 0 Å². The van der Waals surface area contributed by atoms with Gasteiger partial charge < -0.3 is 10.6 Å². The minimum Gasteiger partial charge on any atom is -0.370 e. The molecule has 1 aliphatic carbocycles. The van der Waals surface area contributed by atoms with E-state index in [-0.39, 0.29) is 5.75 Å². The summed E-state index contributed by atoms with van der Waals surface area (Å²) in [6.07, 6.45) is 2.74. The predicted molar refractivity (Wildman–Crippen MR) is 79.3 cm³/mol. The van der Waals surface area contributed by atoms with E-state index in [2.05, 4.69) is 20.6 Å². The van der Waals surface area contributed by atoms with Crippen LogP contribution in [0.4, 0.5) is 11.6 Å². The van der Waals surface area contributed by atoms with Gasteiger partial charge in [-0.2, -0.15) is 0 Å². The molecule has 0 amide bonds. The minimum absolute atomic E-state index is 0.0271. The van der Waals surface area contributed by atoms with Gasteiger partial charge in [-0.25, -0.2) is 23.5 Å². The quantitative estimate of drug-likeness (QED) is 0.615. The number of primary sulfonamides is 1. The lowest BCUT2D eigenvalue weighted by Gasteiger charge is -2.10. The first-order valence-electron chi connectivity index (χ1n) is 6.85. The van der Waals surface area contributed by atoms with Crippen LogP contribution in [0, 0.1) is 0 Å². The number of anilines is 2. The molecule has 1 heterocycles. The monoisotopic (exact) mass is 299 g/mol. The zero-order chi connectivity index (χ0) is 14.6. The lowest BCUT2D eigenvalue weighted by Crippen LogP contribution is -2.19. The van der Waals surface area contributed by atoms with Crippen LogP contribution in [0.1, 0.15) is 37.9 Å². The van der Waals surface area contributed by atoms with Crippen LogP contribution in [-0.2, 0) is 10.0 Å². The fourth-order valence-electron chi connectivity index (χ4n) is 1.84. The van der Waals surface area contributed by atoms with Crippen molar-refractivity contribution in [1.29, 1.82) is 0 Å². The van der Waals surface area contributed by atoms with Crippen LogP contribution in [0.5, 0.6) is 0 Å². The summed E-state index contributed by atoms with van der Waals surface area (Å²) in [7, 11) is -3.39. The minimum atomic E-state index is -3.39. The summed E-state index contributed by atoms with van der Waals surface area (Å²) in [6.45, 7) is 3.33. The zero-order valence-electron chi connectivity index (χ0n) is 11.6. The molecule has 0 atom stereocenters. The topological polar surface area (TPSA) is 110 Å². The van der Waals surface area contributed by atoms with Crippen molar-refractivity contribution >= 4 is 21.7 Å². The van der Waals surface area contributed by atoms with Crippen molar-refractivity contribution in [2.45, 2.75) is 32.1 Å². The molecule has 1 aromatic rings. The standard InChI is InChI=1S/C12H21N5O2S/c1-2-14-10-8-11(15-6-3-7-20(13,18)19)17-12(16-10)9-4-5-9/h8-9H,2-7H2,1H3,(H2,13,18,19)(H2,14,15,16,17). The summed E-state index contributed by atoms with van der Waals surface area (Å²) in [4.78, 5) is 8.94. The first-order chi connectivity index (χ1) is 9.48. The van der Waals surface area contributed by atoms with Crippen LogP contribution in [-0.4, -0.2) is 37.2 Å². The highest BCUT2D eigenvalue weighted by molar-refractivity contribution is 7.89. The lowest BCUT2D eigenvalue weighted by molar-refractivity contribution is 0.595. The average Bonchev–Trinajstić information content (AvgIpc) is 3.18. The van der Waals surface area contributed by atoms with E-state index in [1.54, 1.807) is 0 Å². The number of sulfonamides is 1. The number of nitrogens with one attached hydrogen (secondary N) is 2. The van der Waals surface area contributed by atoms with Crippen LogP contribution in [0.2, 0.25) is 0 Å². The van der Waals surface area contributed by atoms with E-state index in [4.69, 9.17) is 5.14 Å². The highest BCUT2D eigenvalue weighted by Gasteiger charge is 2.27. The Morgan fingerprint density at radius 2 is 1.95 bits per heavy atom. The first kappa shape index (κ1) is 15.0. The van der Waals surface area contributed by atoms with E-state index < -0.39 is 10.0 Å². The van der Waals surface area contributed by atoms with Crippen molar-refractivity contribution in [1.82, 2.24) is 9.97 Å². The second-order valence-electron chi connectivity index (χ2n) is 4.95. The Labute approximate surface area is 119 Å². The number of hydrogen-bond acceptors (Lipinski definition) is 6. The van der Waals surface area contributed by atoms with E-state index >= 15 is 0 Å². The van der Waals surface area contributed by atoms with Crippen molar-refractivity contribution in [2.24, 2.45) is 5.14 Å². The van der Waals surface area contributed by atoms with Gasteiger partial charge in [0, 0.05) is 25.1 Å². The first-order valence-corrected chi connectivity index (χ1v) is 8.56. The molecule has 1 aromatic heterocycles. The molecule has 8 heteroatoms. The van der Waals surface area contributed by atoms with E-state index in [1.807, 2.05) is 13.0 Å². The molecule has 0 aliphatic heterocycles. The molecule has 0 aromatic carbocycles. The largest absolute Gasteiger partial charge is 0.370 e. The van der Waals surface area contributed by atoms with Crippen molar-refractivity contribution < 1.29 is 8.42 Å². The van der Waals surface area contributed by atoms with E-state index in [9.17, 15) is 8.42 Å². The fraction of sp³-hybridized carbons (Fsp3) is 0.667. The Morgan fingerprint density at radius 3 is 2.50 bits per heavy atom. The normalized spacial score (nSPS) is 15.1. The van der Waals surface area contributed by atoms with Gasteiger partial charge in [0.05, 0.1) is 5.75 Å². The van der Waals surface area contributed by atoms with Crippen LogP contribution in [0.3, 0.4) is 0 Å². The van der Waals surface area contributed by atoms with Gasteiger partial charge in [-0.15, -0.1) is 0 Å². The maximum Gasteiger partial charge on any atom is 0.209 e. The smallest absolute Gasteiger partial charge is 0.209 e. The fourth-order valence-corrected chi connectivity index (χ4v) is 2.39. The second kappa shape index (κ2) is 6.36. The lowest BCUT2D eigenvalue weighted by atomic mass is 10.3. The molecule has 20 heavy (non-hydrogen) atoms. The van der Waals surface area contributed by atoms with E-state index in [0.717, 1.165) is 36.8 Å². The summed E-state index contributed by atoms with van der Waals surface area (Å²) in [5, 5.41) is 11.3. The number of nitrogens with two attached hydrogens (primary N) is 1. The Bertz CT molecular complexity index is 557. The predicted octanol–water partition coefficient (Wildman–Crippen LogP) is 0.876. The van der Waals surface area contributed by atoms with Gasteiger partial charge in [0.1, 0.15) is 17.5 Å². The van der Waals surface area contributed by atoms with Crippen LogP contribution in [0.15, 0.2) is 6.07 Å². The number of hydrogen-bond donors (Lipinski definition) is 3. The third-order valence-corrected chi connectivity index (χ3v) is 3.81. The Kier molecular flexibility index (Phi) is 4.77. The molecular formula is C12H21N5O2S. The third-order valence-electron chi connectivity index (χ3n) is 2.96. The molecule has 0 radical (unpaired) electrons. The van der Waals surface area contributed by atoms with Gasteiger partial charge in [-0.3, -0.25) is 0 Å². The summed E-state index contributed by atoms with van der Waals surface area (Å²) >= 11 is 0. The Morgan fingerprint density at radius 1 is 1.30 bits per heavy atom. The van der Waals surface area contributed by atoms with E-state index in [1.165, 1.54) is 0 Å². The number of nitrogens with zero attached hydrogens (tertiary/aromatic N) is 2. The number of rotatable bonds is 8. The second-order valence-corrected chi connectivity index (χ2v) is 6.68. The van der Waals surface area contributed by atoms with Crippen LogP contribution < -0.4 is 15.8 Å². The average molecular weight is 299 g/mol. The highest BCUT2D eigenvalue weighted by atomic mass is 32.2. The maximum atomic E-state index is 10.8. The SMILES string of the molecule is CCNc1cc(NCCCS(N)(=O)=O)nc(C2CC2)n1. The van der Waals surface area contributed by atoms with E-state index in [0.29, 0.717) is 18.9 Å². The number of aromatic nitrogens is 2. The van der Waals surface area contributed by atoms with Gasteiger partial charge in [-0.1, -0.05) is 0 Å². The van der Waals surface area contributed by atoms with Gasteiger partial charge in [0.2, 0.25) is 10.0 Å². The molecule has 1 aliphatic rings. The molecule has 0 spiro atoms. The molecule has 4 N–H and O–H groups in total. The Hall–Kier alpha value is -1.41. The third kappa shape index (κ3) is 4.93. The van der Waals surface area contributed by atoms with Crippen LogP contribution >= 0.6 is 0 Å². The van der Waals surface area contributed by atoms with Gasteiger partial charge >= 0.3 is 0 Å². The molecule has 0 bridgehead atoms. The summed E-state index contributed by atoms with van der Waals surface area (Å²) in [5.41, 5.74) is 0. The summed E-state index contributed by atoms with van der Waals surface area (Å²) < 4.78 is 21.7. The summed E-state index contributed by atoms with van der Waals surface area (Å²) in [5.74, 6) is 2.84. The molecule has 1 saturated carbocycles. The molecular weight excluding hydrogens is 278 g/mol. The van der Waals surface area contributed by atoms with Gasteiger partial charge in [0.15, 0.2) is 0 Å². The molecule has 112 valence electrons. The van der Waals surface area contributed by atoms with Gasteiger partial charge in [0.25, 0.3) is 0 Å². The Balaban J connectivity index is 1.95. The molecule has 0 saturated heterocycles. The maximum absolute atomic E-state index is 10.8. The summed E-state index contributed by atoms with van der Waals surface area (Å²) in [6, 6.07) is 1.84. The molecule has 2 rings (SSSR count). The molecule has 7 nitrogen and oxygen atoms in total. The van der Waals surface area contributed by atoms with Crippen molar-refractivity contribution in [2.75, 3.05) is 29.5 Å².